The summed E-state index contributed by atoms with van der Waals surface area (Å²) in [6.45, 7) is 12.6. The Labute approximate surface area is 616 Å². The fourth-order valence-electron chi connectivity index (χ4n) is 16.2. The van der Waals surface area contributed by atoms with Gasteiger partial charge in [0, 0.05) is 75.5 Å². The molecule has 4 aromatic rings. The highest BCUT2D eigenvalue weighted by Gasteiger charge is 2.58. The molecule has 4 aliphatic rings. The molecular weight excluding hydrogens is 1310 g/mol. The molecule has 0 radical (unpaired) electrons. The molecule has 0 bridgehead atoms. The molecule has 0 aromatic heterocycles. The van der Waals surface area contributed by atoms with Gasteiger partial charge in [0.15, 0.2) is 23.1 Å². The van der Waals surface area contributed by atoms with Gasteiger partial charge >= 0.3 is 5.97 Å². The molecule has 104 heavy (non-hydrogen) atoms. The Kier molecular flexibility index (Phi) is 31.9. The Bertz CT molecular complexity index is 3220. The molecule has 8 atom stereocenters. The number of carboxylic acid groups (broad SMARTS) is 1. The molecule has 21 heteroatoms. The maximum Gasteiger partial charge on any atom is 0.323 e. The number of unbranched alkanes of at least 4 members (excludes halogenated alkanes) is 2. The lowest BCUT2D eigenvalue weighted by molar-refractivity contribution is -0.158. The molecule has 4 amide bonds. The van der Waals surface area contributed by atoms with E-state index in [9.17, 15) is 53.1 Å². The first kappa shape index (κ1) is 83.6. The van der Waals surface area contributed by atoms with Crippen LogP contribution in [0.2, 0.25) is 0 Å². The van der Waals surface area contributed by atoms with Crippen LogP contribution in [0, 0.1) is 46.3 Å². The minimum Gasteiger partial charge on any atom is -0.480 e. The molecule has 2 aliphatic carbocycles. The number of hydrogen-bond donors (Lipinski definition) is 9. The van der Waals surface area contributed by atoms with Crippen LogP contribution in [0.1, 0.15) is 185 Å². The highest BCUT2D eigenvalue weighted by molar-refractivity contribution is 5.96. The molecule has 15 N–H and O–H groups in total. The summed E-state index contributed by atoms with van der Waals surface area (Å²) in [7, 11) is 0. The Hall–Kier alpha value is -7.66. The van der Waals surface area contributed by atoms with Crippen molar-refractivity contribution in [3.8, 4) is 0 Å². The van der Waals surface area contributed by atoms with Gasteiger partial charge in [0.25, 0.3) is 0 Å². The maximum absolute atomic E-state index is 14.1. The number of nitrogens with zero attached hydrogens (tertiary/aromatic N) is 2. The number of rotatable bonds is 40. The number of carbonyl (C=O) groups excluding carboxylic acids is 9. The van der Waals surface area contributed by atoms with E-state index in [1.807, 2.05) is 154 Å². The molecule has 0 unspecified atom stereocenters. The Morgan fingerprint density at radius 3 is 1.02 bits per heavy atom. The van der Waals surface area contributed by atoms with Crippen LogP contribution in [0.5, 0.6) is 0 Å². The van der Waals surface area contributed by atoms with E-state index in [2.05, 4.69) is 10.6 Å². The number of nitrogens with one attached hydrogen (secondary N) is 2. The number of likely N-dealkylation sites (tertiary alicyclic amines) is 2. The first-order chi connectivity index (χ1) is 49.5. The molecule has 2 heterocycles. The van der Waals surface area contributed by atoms with Gasteiger partial charge in [-0.1, -0.05) is 162 Å². The van der Waals surface area contributed by atoms with E-state index in [1.54, 1.807) is 11.8 Å². The number of carbonyl (C=O) groups is 10. The topological polar surface area (TPSA) is 378 Å². The number of aliphatic carboxylic acids is 1. The number of Topliss-reactive ketones (excluding diaryl/α,β-unsaturated/α-hetero) is 5. The largest absolute Gasteiger partial charge is 0.480 e. The number of carboxylic acids is 1. The highest BCUT2D eigenvalue weighted by atomic mass is 16.4. The summed E-state index contributed by atoms with van der Waals surface area (Å²) in [6, 6.07) is 34.9. The van der Waals surface area contributed by atoms with Crippen molar-refractivity contribution in [2.75, 3.05) is 39.3 Å². The minimum absolute atomic E-state index is 0.00214. The third kappa shape index (κ3) is 24.7. The van der Waals surface area contributed by atoms with Gasteiger partial charge in [-0.05, 0) is 181 Å². The SMILES string of the molecule is CC(=O)C1(N)CC2(CCN(C(=O)[C@@H](CCCCN)CC(=O)[C@@H](CC(C)C)NC(=O)[C@H](CC(=O)[C@H](N)Cc3ccccc3)Cc3ccccc3)CC2)C1.CC(C)C[C@@H](NC(=O)[C@H](CC(=O)[C@H](N)Cc1ccccc1)Cc1ccccc1)C(=O)C[C@H](CCCCN)C(=O)N1CCC2(CC1)CC(N)(C(=O)O)C2. The zero-order valence-corrected chi connectivity index (χ0v) is 62.4. The molecule has 21 nitrogen and oxygen atoms in total. The summed E-state index contributed by atoms with van der Waals surface area (Å²) < 4.78 is 0. The van der Waals surface area contributed by atoms with Crippen LogP contribution in [-0.2, 0) is 73.6 Å². The molecule has 2 spiro atoms. The van der Waals surface area contributed by atoms with E-state index in [1.165, 1.54) is 0 Å². The molecule has 568 valence electrons. The van der Waals surface area contributed by atoms with E-state index in [-0.39, 0.29) is 101 Å². The second-order valence-corrected chi connectivity index (χ2v) is 31.9. The first-order valence-electron chi connectivity index (χ1n) is 38.2. The Morgan fingerprint density at radius 1 is 0.433 bits per heavy atom. The van der Waals surface area contributed by atoms with Gasteiger partial charge < -0.3 is 59.9 Å². The standard InChI is InChI=1S/C42H61N5O5.C41H59N5O6/c1-29(2)22-36(46-39(51)34(23-31-12-6-4-7-13-31)26-37(49)35(44)24-32-14-8-5-9-15-32)38(50)25-33(16-10-11-19-43)40(52)47-20-17-41(18-21-47)27-42(45,28-41)30(3)48;1-28(2)21-34(45-37(49)32(22-29-11-5-3-6-12-29)25-35(47)33(43)23-30-13-7-4-8-14-30)36(48)24-31(15-9-10-18-42)38(50)46-19-16-40(17-20-46)26-41(44,27-40)39(51)52/h4-9,12-15,29,33-36H,10-11,16-28,43-45H2,1-3H3,(H,46,51);3-8,11-14,28,31-34H,9-10,15-27,42-44H2,1-2H3,(H,45,49)(H,51,52)/t33-,34-,35+,36+;31-,32-,33+,34+/m00/s1. The number of amides is 4. The van der Waals surface area contributed by atoms with Crippen LogP contribution in [0.25, 0.3) is 0 Å². The van der Waals surface area contributed by atoms with Crippen molar-refractivity contribution in [1.82, 2.24) is 20.4 Å². The van der Waals surface area contributed by atoms with Crippen molar-refractivity contribution >= 4 is 58.5 Å². The second-order valence-electron chi connectivity index (χ2n) is 31.9. The summed E-state index contributed by atoms with van der Waals surface area (Å²) in [5.74, 6) is -5.02. The summed E-state index contributed by atoms with van der Waals surface area (Å²) in [4.78, 5) is 138. The van der Waals surface area contributed by atoms with E-state index < -0.39 is 64.9 Å². The number of nitrogens with two attached hydrogens (primary N) is 6. The van der Waals surface area contributed by atoms with Gasteiger partial charge in [-0.3, -0.25) is 47.9 Å². The average molecular weight is 1430 g/mol. The van der Waals surface area contributed by atoms with Crippen LogP contribution in [-0.4, -0.2) is 148 Å². The summed E-state index contributed by atoms with van der Waals surface area (Å²) in [5, 5.41) is 15.5. The van der Waals surface area contributed by atoms with Gasteiger partial charge in [0.2, 0.25) is 23.6 Å². The van der Waals surface area contributed by atoms with E-state index >= 15 is 0 Å². The molecule has 4 fully saturated rings. The van der Waals surface area contributed by atoms with Crippen molar-refractivity contribution in [3.63, 3.8) is 0 Å². The van der Waals surface area contributed by atoms with Crippen LogP contribution in [0.3, 0.4) is 0 Å². The smallest absolute Gasteiger partial charge is 0.323 e. The van der Waals surface area contributed by atoms with E-state index in [0.29, 0.717) is 136 Å². The van der Waals surface area contributed by atoms with Gasteiger partial charge in [-0.15, -0.1) is 0 Å². The first-order valence-corrected chi connectivity index (χ1v) is 38.2. The Morgan fingerprint density at radius 2 is 0.731 bits per heavy atom. The molecule has 2 saturated heterocycles. The number of ketones is 5. The number of benzene rings is 4. The lowest BCUT2D eigenvalue weighted by atomic mass is 9.53. The molecule has 4 aromatic carbocycles. The minimum atomic E-state index is -1.19. The monoisotopic (exact) mass is 1430 g/mol. The van der Waals surface area contributed by atoms with Crippen molar-refractivity contribution < 1.29 is 53.1 Å². The van der Waals surface area contributed by atoms with Crippen LogP contribution in [0.15, 0.2) is 121 Å². The second kappa shape index (κ2) is 39.6. The summed E-state index contributed by atoms with van der Waals surface area (Å²) in [5.41, 5.74) is 38.2. The lowest BCUT2D eigenvalue weighted by Gasteiger charge is -2.56. The fraction of sp³-hybridized carbons (Fsp3) is 0.590. The molecule has 2 saturated carbocycles. The predicted octanol–water partition coefficient (Wildman–Crippen LogP) is 8.09. The lowest BCUT2D eigenvalue weighted by Crippen LogP contribution is -2.65. The third-order valence-corrected chi connectivity index (χ3v) is 22.3. The molecule has 2 aliphatic heterocycles. The van der Waals surface area contributed by atoms with Gasteiger partial charge in [0.05, 0.1) is 29.7 Å². The van der Waals surface area contributed by atoms with Crippen LogP contribution >= 0.6 is 0 Å². The van der Waals surface area contributed by atoms with Gasteiger partial charge in [0.1, 0.15) is 11.3 Å². The van der Waals surface area contributed by atoms with Gasteiger partial charge in [-0.25, -0.2) is 0 Å². The predicted molar refractivity (Wildman–Crippen MR) is 405 cm³/mol. The van der Waals surface area contributed by atoms with Crippen molar-refractivity contribution in [2.45, 2.75) is 224 Å². The quantitative estimate of drug-likeness (QED) is 0.0190. The summed E-state index contributed by atoms with van der Waals surface area (Å²) in [6.07, 6.45) is 11.0. The van der Waals surface area contributed by atoms with Crippen molar-refractivity contribution in [3.05, 3.63) is 144 Å². The van der Waals surface area contributed by atoms with E-state index in [4.69, 9.17) is 34.4 Å². The zero-order valence-electron chi connectivity index (χ0n) is 62.4. The Balaban J connectivity index is 0.000000291. The van der Waals surface area contributed by atoms with Crippen molar-refractivity contribution in [1.29, 1.82) is 0 Å². The number of hydrogen-bond acceptors (Lipinski definition) is 16. The average Bonchev–Trinajstić information content (AvgIpc) is 0.743. The third-order valence-electron chi connectivity index (χ3n) is 22.3. The molecule has 8 rings (SSSR count). The van der Waals surface area contributed by atoms with Gasteiger partial charge in [-0.2, -0.15) is 0 Å². The van der Waals surface area contributed by atoms with Crippen LogP contribution in [0.4, 0.5) is 0 Å². The number of piperidine rings is 2. The molecular formula is C83H120N10O11. The van der Waals surface area contributed by atoms with E-state index in [0.717, 1.165) is 54.4 Å². The fourth-order valence-corrected chi connectivity index (χ4v) is 16.2. The highest BCUT2D eigenvalue weighted by Crippen LogP contribution is 2.55. The summed E-state index contributed by atoms with van der Waals surface area (Å²) >= 11 is 0. The maximum atomic E-state index is 14.1. The normalized spacial score (nSPS) is 18.5. The van der Waals surface area contributed by atoms with Crippen LogP contribution < -0.4 is 45.0 Å². The zero-order chi connectivity index (χ0) is 75.8. The van der Waals surface area contributed by atoms with Crippen molar-refractivity contribution in [2.24, 2.45) is 80.7 Å².